The standard InChI is InChI=1S/C14H18N2O4/c1-15-11-8-20-7-10(11)13(17)16(2)12-6-4-3-5-9(12)14(18)19/h3-6,10-11,15H,7-8H2,1-2H3,(H,18,19). The molecule has 0 aliphatic carbocycles. The Labute approximate surface area is 117 Å². The average Bonchev–Trinajstić information content (AvgIpc) is 2.94. The first-order valence-corrected chi connectivity index (χ1v) is 6.41. The molecule has 2 N–H and O–H groups in total. The molecule has 1 aromatic rings. The minimum Gasteiger partial charge on any atom is -0.478 e. The molecule has 1 fully saturated rings. The van der Waals surface area contributed by atoms with Gasteiger partial charge in [0.15, 0.2) is 0 Å². The molecule has 2 rings (SSSR count). The quantitative estimate of drug-likeness (QED) is 0.842. The molecule has 1 amide bonds. The number of carboxylic acid groups (broad SMARTS) is 1. The Morgan fingerprint density at radius 2 is 2.05 bits per heavy atom. The first-order chi connectivity index (χ1) is 9.56. The molecule has 0 bridgehead atoms. The highest BCUT2D eigenvalue weighted by molar-refractivity contribution is 6.02. The normalized spacial score (nSPS) is 21.7. The van der Waals surface area contributed by atoms with Gasteiger partial charge in [-0.15, -0.1) is 0 Å². The number of amides is 1. The maximum Gasteiger partial charge on any atom is 0.337 e. The van der Waals surface area contributed by atoms with Crippen LogP contribution < -0.4 is 10.2 Å². The zero-order valence-electron chi connectivity index (χ0n) is 11.5. The van der Waals surface area contributed by atoms with E-state index in [1.54, 1.807) is 32.3 Å². The van der Waals surface area contributed by atoms with Crippen LogP contribution in [0.4, 0.5) is 5.69 Å². The summed E-state index contributed by atoms with van der Waals surface area (Å²) in [5.41, 5.74) is 0.509. The first kappa shape index (κ1) is 14.5. The van der Waals surface area contributed by atoms with Gasteiger partial charge in [-0.05, 0) is 19.2 Å². The SMILES string of the molecule is CNC1COCC1C(=O)N(C)c1ccccc1C(=O)O. The Kier molecular flexibility index (Phi) is 4.36. The van der Waals surface area contributed by atoms with Crippen molar-refractivity contribution >= 4 is 17.6 Å². The van der Waals surface area contributed by atoms with E-state index in [-0.39, 0.29) is 23.4 Å². The van der Waals surface area contributed by atoms with Crippen molar-refractivity contribution in [2.75, 3.05) is 32.2 Å². The predicted molar refractivity (Wildman–Crippen MR) is 74.0 cm³/mol. The van der Waals surface area contributed by atoms with Gasteiger partial charge in [0.2, 0.25) is 5.91 Å². The Morgan fingerprint density at radius 1 is 1.35 bits per heavy atom. The van der Waals surface area contributed by atoms with E-state index in [1.165, 1.54) is 11.0 Å². The number of carbonyl (C=O) groups excluding carboxylic acids is 1. The fourth-order valence-electron chi connectivity index (χ4n) is 2.40. The van der Waals surface area contributed by atoms with Crippen molar-refractivity contribution < 1.29 is 19.4 Å². The first-order valence-electron chi connectivity index (χ1n) is 6.41. The molecule has 0 aromatic heterocycles. The molecule has 2 unspecified atom stereocenters. The molecule has 0 saturated carbocycles. The second-order valence-corrected chi connectivity index (χ2v) is 4.76. The van der Waals surface area contributed by atoms with Gasteiger partial charge in [0.05, 0.1) is 30.4 Å². The fourth-order valence-corrected chi connectivity index (χ4v) is 2.40. The van der Waals surface area contributed by atoms with Gasteiger partial charge >= 0.3 is 5.97 Å². The van der Waals surface area contributed by atoms with Crippen molar-refractivity contribution in [3.8, 4) is 0 Å². The van der Waals surface area contributed by atoms with Gasteiger partial charge in [-0.1, -0.05) is 12.1 Å². The molecule has 20 heavy (non-hydrogen) atoms. The summed E-state index contributed by atoms with van der Waals surface area (Å²) in [6.45, 7) is 0.839. The van der Waals surface area contributed by atoms with Crippen molar-refractivity contribution in [1.29, 1.82) is 0 Å². The van der Waals surface area contributed by atoms with Gasteiger partial charge in [-0.2, -0.15) is 0 Å². The van der Waals surface area contributed by atoms with Gasteiger partial charge < -0.3 is 20.1 Å². The highest BCUT2D eigenvalue weighted by Gasteiger charge is 2.35. The molecule has 0 spiro atoms. The molecule has 1 aliphatic heterocycles. The molecule has 6 heteroatoms. The smallest absolute Gasteiger partial charge is 0.337 e. The van der Waals surface area contributed by atoms with Crippen molar-refractivity contribution in [1.82, 2.24) is 5.32 Å². The van der Waals surface area contributed by atoms with E-state index in [9.17, 15) is 14.7 Å². The Bertz CT molecular complexity index is 518. The molecule has 1 aromatic carbocycles. The summed E-state index contributed by atoms with van der Waals surface area (Å²) in [7, 11) is 3.37. The lowest BCUT2D eigenvalue weighted by Crippen LogP contribution is -2.43. The number of nitrogens with zero attached hydrogens (tertiary/aromatic N) is 1. The predicted octanol–water partition coefficient (Wildman–Crippen LogP) is 0.582. The number of ether oxygens (including phenoxy) is 1. The maximum atomic E-state index is 12.5. The molecule has 6 nitrogen and oxygen atoms in total. The van der Waals surface area contributed by atoms with Gasteiger partial charge in [0.25, 0.3) is 0 Å². The van der Waals surface area contributed by atoms with E-state index in [1.807, 2.05) is 0 Å². The van der Waals surface area contributed by atoms with Crippen molar-refractivity contribution in [2.24, 2.45) is 5.92 Å². The fraction of sp³-hybridized carbons (Fsp3) is 0.429. The number of rotatable bonds is 4. The Balaban J connectivity index is 2.25. The Morgan fingerprint density at radius 3 is 2.70 bits per heavy atom. The molecule has 0 radical (unpaired) electrons. The molecular weight excluding hydrogens is 260 g/mol. The number of hydrogen-bond donors (Lipinski definition) is 2. The number of aromatic carboxylic acids is 1. The van der Waals surface area contributed by atoms with Gasteiger partial charge in [-0.25, -0.2) is 4.79 Å². The molecule has 1 saturated heterocycles. The molecule has 108 valence electrons. The third kappa shape index (κ3) is 2.66. The zero-order valence-corrected chi connectivity index (χ0v) is 11.5. The largest absolute Gasteiger partial charge is 0.478 e. The summed E-state index contributed by atoms with van der Waals surface area (Å²) in [6.07, 6.45) is 0. The number of hydrogen-bond acceptors (Lipinski definition) is 4. The van der Waals surface area contributed by atoms with Gasteiger partial charge in [0.1, 0.15) is 0 Å². The number of benzene rings is 1. The summed E-state index contributed by atoms with van der Waals surface area (Å²) in [6, 6.07) is 6.43. The minimum atomic E-state index is -1.05. The lowest BCUT2D eigenvalue weighted by Gasteiger charge is -2.24. The highest BCUT2D eigenvalue weighted by Crippen LogP contribution is 2.23. The number of carbonyl (C=O) groups is 2. The van der Waals surface area contributed by atoms with Crippen LogP contribution in [-0.2, 0) is 9.53 Å². The lowest BCUT2D eigenvalue weighted by molar-refractivity contribution is -0.122. The van der Waals surface area contributed by atoms with Crippen molar-refractivity contribution in [2.45, 2.75) is 6.04 Å². The highest BCUT2D eigenvalue weighted by atomic mass is 16.5. The third-order valence-electron chi connectivity index (χ3n) is 3.59. The molecular formula is C14H18N2O4. The van der Waals surface area contributed by atoms with Crippen LogP contribution in [0.3, 0.4) is 0 Å². The van der Waals surface area contributed by atoms with E-state index in [2.05, 4.69) is 5.32 Å². The van der Waals surface area contributed by atoms with E-state index < -0.39 is 5.97 Å². The van der Waals surface area contributed by atoms with E-state index >= 15 is 0 Å². The van der Waals surface area contributed by atoms with Crippen LogP contribution in [0.15, 0.2) is 24.3 Å². The summed E-state index contributed by atoms with van der Waals surface area (Å²) in [5.74, 6) is -1.49. The zero-order chi connectivity index (χ0) is 14.7. The van der Waals surface area contributed by atoms with E-state index in [4.69, 9.17) is 4.74 Å². The second kappa shape index (κ2) is 6.02. The van der Waals surface area contributed by atoms with Crippen LogP contribution >= 0.6 is 0 Å². The van der Waals surface area contributed by atoms with Crippen LogP contribution in [0.25, 0.3) is 0 Å². The van der Waals surface area contributed by atoms with Crippen LogP contribution in [-0.4, -0.2) is 50.3 Å². The van der Waals surface area contributed by atoms with Crippen LogP contribution in [0.5, 0.6) is 0 Å². The second-order valence-electron chi connectivity index (χ2n) is 4.76. The van der Waals surface area contributed by atoms with Crippen molar-refractivity contribution in [3.05, 3.63) is 29.8 Å². The number of para-hydroxylation sites is 1. The van der Waals surface area contributed by atoms with Crippen molar-refractivity contribution in [3.63, 3.8) is 0 Å². The lowest BCUT2D eigenvalue weighted by atomic mass is 10.0. The summed E-state index contributed by atoms with van der Waals surface area (Å²) < 4.78 is 5.32. The molecule has 1 heterocycles. The topological polar surface area (TPSA) is 78.9 Å². The van der Waals surface area contributed by atoms with Crippen LogP contribution in [0, 0.1) is 5.92 Å². The number of likely N-dealkylation sites (N-methyl/N-ethyl adjacent to an activating group) is 1. The van der Waals surface area contributed by atoms with Gasteiger partial charge in [0, 0.05) is 13.1 Å². The number of carboxylic acids is 1. The Hall–Kier alpha value is -1.92. The number of nitrogens with one attached hydrogen (secondary N) is 1. The summed E-state index contributed by atoms with van der Waals surface area (Å²) in [4.78, 5) is 25.1. The van der Waals surface area contributed by atoms with Crippen LogP contribution in [0.2, 0.25) is 0 Å². The summed E-state index contributed by atoms with van der Waals surface area (Å²) in [5, 5.41) is 12.2. The third-order valence-corrected chi connectivity index (χ3v) is 3.59. The number of anilines is 1. The van der Waals surface area contributed by atoms with Crippen LogP contribution in [0.1, 0.15) is 10.4 Å². The minimum absolute atomic E-state index is 0.0399. The average molecular weight is 278 g/mol. The van der Waals surface area contributed by atoms with Gasteiger partial charge in [-0.3, -0.25) is 4.79 Å². The molecule has 2 atom stereocenters. The van der Waals surface area contributed by atoms with E-state index in [0.717, 1.165) is 0 Å². The summed E-state index contributed by atoms with van der Waals surface area (Å²) >= 11 is 0. The molecule has 1 aliphatic rings. The van der Waals surface area contributed by atoms with E-state index in [0.29, 0.717) is 18.9 Å². The maximum absolute atomic E-state index is 12.5. The monoisotopic (exact) mass is 278 g/mol.